The average Bonchev–Trinajstić information content (AvgIpc) is 3.07. The van der Waals surface area contributed by atoms with Gasteiger partial charge in [0.1, 0.15) is 11.6 Å². The van der Waals surface area contributed by atoms with E-state index >= 15 is 0 Å². The third-order valence-electron chi connectivity index (χ3n) is 4.09. The summed E-state index contributed by atoms with van der Waals surface area (Å²) in [7, 11) is 0. The summed E-state index contributed by atoms with van der Waals surface area (Å²) in [5.41, 5.74) is 2.91. The van der Waals surface area contributed by atoms with Crippen molar-refractivity contribution < 1.29 is 4.74 Å². The highest BCUT2D eigenvalue weighted by molar-refractivity contribution is 8.00. The van der Waals surface area contributed by atoms with Crippen molar-refractivity contribution in [2.45, 2.75) is 18.7 Å². The molecular weight excluding hydrogens is 356 g/mol. The average molecular weight is 376 g/mol. The lowest BCUT2D eigenvalue weighted by Gasteiger charge is -2.11. The molecule has 4 rings (SSSR count). The zero-order chi connectivity index (χ0) is 18.6. The van der Waals surface area contributed by atoms with E-state index in [1.165, 1.54) is 0 Å². The predicted octanol–water partition coefficient (Wildman–Crippen LogP) is 5.25. The molecule has 2 aromatic heterocycles. The first kappa shape index (κ1) is 17.4. The van der Waals surface area contributed by atoms with Crippen LogP contribution in [0.3, 0.4) is 0 Å². The number of aryl methyl sites for hydroxylation is 1. The fraction of sp³-hybridized carbons (Fsp3) is 0.143. The molecule has 0 unspecified atom stereocenters. The van der Waals surface area contributed by atoms with Gasteiger partial charge >= 0.3 is 0 Å². The summed E-state index contributed by atoms with van der Waals surface area (Å²) in [6.07, 6.45) is 1.81. The highest BCUT2D eigenvalue weighted by Gasteiger charge is 2.11. The number of pyridine rings is 1. The maximum absolute atomic E-state index is 5.50. The van der Waals surface area contributed by atoms with E-state index in [4.69, 9.17) is 4.74 Å². The van der Waals surface area contributed by atoms with Crippen molar-refractivity contribution >= 4 is 28.7 Å². The second kappa shape index (κ2) is 7.72. The molecule has 1 N–H and O–H groups in total. The molecule has 0 saturated carbocycles. The number of nitrogens with one attached hydrogen (secondary N) is 1. The molecule has 6 heteroatoms. The van der Waals surface area contributed by atoms with Crippen LogP contribution >= 0.6 is 11.9 Å². The molecule has 4 aromatic rings. The molecule has 5 nitrogen and oxygen atoms in total. The van der Waals surface area contributed by atoms with Gasteiger partial charge in [0.25, 0.3) is 0 Å². The Morgan fingerprint density at radius 2 is 1.93 bits per heavy atom. The normalized spacial score (nSPS) is 10.9. The SMILES string of the molecule is CCOc1ccc(SNc2cc(C)nn2-c2cccc3ncccc23)cc1. The molecule has 0 amide bonds. The second-order valence-electron chi connectivity index (χ2n) is 6.04. The quantitative estimate of drug-likeness (QED) is 0.466. The molecule has 0 radical (unpaired) electrons. The van der Waals surface area contributed by atoms with Crippen molar-refractivity contribution in [1.82, 2.24) is 14.8 Å². The van der Waals surface area contributed by atoms with Crippen molar-refractivity contribution in [3.63, 3.8) is 0 Å². The Bertz CT molecular complexity index is 1050. The number of fused-ring (bicyclic) bond motifs is 1. The van der Waals surface area contributed by atoms with E-state index in [0.29, 0.717) is 6.61 Å². The Morgan fingerprint density at radius 1 is 1.07 bits per heavy atom. The lowest BCUT2D eigenvalue weighted by molar-refractivity contribution is 0.340. The van der Waals surface area contributed by atoms with E-state index in [1.54, 1.807) is 18.1 Å². The number of anilines is 1. The van der Waals surface area contributed by atoms with Gasteiger partial charge in [-0.3, -0.25) is 4.98 Å². The van der Waals surface area contributed by atoms with Crippen LogP contribution < -0.4 is 9.46 Å². The summed E-state index contributed by atoms with van der Waals surface area (Å²) in [4.78, 5) is 5.54. The van der Waals surface area contributed by atoms with Crippen molar-refractivity contribution in [1.29, 1.82) is 0 Å². The topological polar surface area (TPSA) is 52.0 Å². The van der Waals surface area contributed by atoms with E-state index in [0.717, 1.165) is 38.7 Å². The van der Waals surface area contributed by atoms with Gasteiger partial charge in [-0.15, -0.1) is 0 Å². The standard InChI is InChI=1S/C21H20N4OS/c1-3-26-16-9-11-17(12-10-16)27-24-21-14-15(2)23-25(21)20-8-4-7-19-18(20)6-5-13-22-19/h4-14,24H,3H2,1-2H3. The van der Waals surface area contributed by atoms with Gasteiger partial charge in [0, 0.05) is 22.5 Å². The molecule has 27 heavy (non-hydrogen) atoms. The predicted molar refractivity (Wildman–Crippen MR) is 111 cm³/mol. The summed E-state index contributed by atoms with van der Waals surface area (Å²) in [6.45, 7) is 4.65. The molecule has 0 atom stereocenters. The van der Waals surface area contributed by atoms with Crippen LogP contribution in [0.4, 0.5) is 5.82 Å². The summed E-state index contributed by atoms with van der Waals surface area (Å²) in [5, 5.41) is 5.74. The smallest absolute Gasteiger partial charge is 0.140 e. The summed E-state index contributed by atoms with van der Waals surface area (Å²) in [6, 6.07) is 20.2. The van der Waals surface area contributed by atoms with Gasteiger partial charge in [-0.1, -0.05) is 6.07 Å². The molecule has 0 saturated heterocycles. The van der Waals surface area contributed by atoms with E-state index in [1.807, 2.05) is 67.1 Å². The maximum atomic E-state index is 5.50. The number of benzene rings is 2. The van der Waals surface area contributed by atoms with Gasteiger partial charge in [-0.2, -0.15) is 5.10 Å². The monoisotopic (exact) mass is 376 g/mol. The minimum atomic E-state index is 0.670. The van der Waals surface area contributed by atoms with Gasteiger partial charge in [0.05, 0.1) is 23.5 Å². The van der Waals surface area contributed by atoms with Gasteiger partial charge < -0.3 is 9.46 Å². The lowest BCUT2D eigenvalue weighted by atomic mass is 10.2. The third kappa shape index (κ3) is 3.75. The zero-order valence-electron chi connectivity index (χ0n) is 15.2. The van der Waals surface area contributed by atoms with E-state index < -0.39 is 0 Å². The van der Waals surface area contributed by atoms with Crippen LogP contribution in [0.1, 0.15) is 12.6 Å². The molecule has 0 fully saturated rings. The fourth-order valence-electron chi connectivity index (χ4n) is 2.91. The van der Waals surface area contributed by atoms with Crippen LogP contribution in [-0.2, 0) is 0 Å². The second-order valence-corrected chi connectivity index (χ2v) is 6.92. The van der Waals surface area contributed by atoms with Crippen LogP contribution in [0.5, 0.6) is 5.75 Å². The van der Waals surface area contributed by atoms with E-state index in [-0.39, 0.29) is 0 Å². The number of hydrogen-bond donors (Lipinski definition) is 1. The number of nitrogens with zero attached hydrogens (tertiary/aromatic N) is 3. The molecule has 136 valence electrons. The molecule has 0 bridgehead atoms. The number of ether oxygens (including phenoxy) is 1. The van der Waals surface area contributed by atoms with Crippen molar-refractivity contribution in [2.75, 3.05) is 11.3 Å². The highest BCUT2D eigenvalue weighted by atomic mass is 32.2. The zero-order valence-corrected chi connectivity index (χ0v) is 16.0. The van der Waals surface area contributed by atoms with Crippen LogP contribution in [0.15, 0.2) is 71.8 Å². The number of hydrogen-bond acceptors (Lipinski definition) is 5. The Hall–Kier alpha value is -2.99. The molecule has 0 aliphatic rings. The summed E-state index contributed by atoms with van der Waals surface area (Å²) >= 11 is 1.55. The fourth-order valence-corrected chi connectivity index (χ4v) is 3.55. The molecular formula is C21H20N4OS. The minimum absolute atomic E-state index is 0.670. The van der Waals surface area contributed by atoms with Crippen LogP contribution in [0.25, 0.3) is 16.6 Å². The molecule has 2 heterocycles. The Morgan fingerprint density at radius 3 is 2.74 bits per heavy atom. The summed E-state index contributed by atoms with van der Waals surface area (Å²) in [5.74, 6) is 1.80. The first-order valence-corrected chi connectivity index (χ1v) is 9.63. The van der Waals surface area contributed by atoms with Crippen LogP contribution in [-0.4, -0.2) is 21.4 Å². The Kier molecular flexibility index (Phi) is 4.98. The van der Waals surface area contributed by atoms with Crippen LogP contribution in [0.2, 0.25) is 0 Å². The first-order chi connectivity index (χ1) is 13.2. The molecule has 0 spiro atoms. The highest BCUT2D eigenvalue weighted by Crippen LogP contribution is 2.28. The number of aromatic nitrogens is 3. The van der Waals surface area contributed by atoms with E-state index in [9.17, 15) is 0 Å². The van der Waals surface area contributed by atoms with Gasteiger partial charge in [-0.25, -0.2) is 4.68 Å². The molecule has 0 aliphatic heterocycles. The van der Waals surface area contributed by atoms with Crippen molar-refractivity contribution in [3.8, 4) is 11.4 Å². The van der Waals surface area contributed by atoms with Crippen LogP contribution in [0, 0.1) is 6.92 Å². The Balaban J connectivity index is 1.61. The first-order valence-electron chi connectivity index (χ1n) is 8.81. The van der Waals surface area contributed by atoms with Gasteiger partial charge in [-0.05, 0) is 74.3 Å². The Labute approximate surface area is 162 Å². The van der Waals surface area contributed by atoms with E-state index in [2.05, 4.69) is 26.9 Å². The number of rotatable bonds is 6. The largest absolute Gasteiger partial charge is 0.494 e. The van der Waals surface area contributed by atoms with Gasteiger partial charge in [0.2, 0.25) is 0 Å². The lowest BCUT2D eigenvalue weighted by Crippen LogP contribution is -2.02. The molecule has 0 aliphatic carbocycles. The minimum Gasteiger partial charge on any atom is -0.494 e. The molecule has 2 aromatic carbocycles. The van der Waals surface area contributed by atoms with Crippen molar-refractivity contribution in [3.05, 3.63) is 72.6 Å². The summed E-state index contributed by atoms with van der Waals surface area (Å²) < 4.78 is 10.8. The maximum Gasteiger partial charge on any atom is 0.140 e. The van der Waals surface area contributed by atoms with Gasteiger partial charge in [0.15, 0.2) is 0 Å². The van der Waals surface area contributed by atoms with Crippen molar-refractivity contribution in [2.24, 2.45) is 0 Å². The third-order valence-corrected chi connectivity index (χ3v) is 4.91.